The topological polar surface area (TPSA) is 29.3 Å². The van der Waals surface area contributed by atoms with Crippen molar-refractivity contribution in [2.45, 2.75) is 64.1 Å². The standard InChI is InChI=1S/C17H28N2/c1-14-9-7-8-10-15(14)13-19(2)17-12-6-4-3-5-11-16(17)18/h7-10,16-17H,3-6,11-13,18H2,1-2H3. The van der Waals surface area contributed by atoms with E-state index in [9.17, 15) is 0 Å². The number of hydrogen-bond donors (Lipinski definition) is 1. The molecule has 2 unspecified atom stereocenters. The van der Waals surface area contributed by atoms with E-state index in [1.807, 2.05) is 0 Å². The zero-order valence-corrected chi connectivity index (χ0v) is 12.4. The smallest absolute Gasteiger partial charge is 0.0247 e. The molecular formula is C17H28N2. The van der Waals surface area contributed by atoms with Crippen LogP contribution in [0.3, 0.4) is 0 Å². The van der Waals surface area contributed by atoms with Crippen LogP contribution in [0.25, 0.3) is 0 Å². The molecule has 0 heterocycles. The number of nitrogens with two attached hydrogens (primary N) is 1. The first kappa shape index (κ1) is 14.5. The molecule has 0 aliphatic heterocycles. The number of aryl methyl sites for hydroxylation is 1. The van der Waals surface area contributed by atoms with Crippen molar-refractivity contribution in [1.82, 2.24) is 4.90 Å². The van der Waals surface area contributed by atoms with Crippen LogP contribution < -0.4 is 5.73 Å². The molecule has 0 aromatic heterocycles. The fourth-order valence-corrected chi connectivity index (χ4v) is 3.21. The summed E-state index contributed by atoms with van der Waals surface area (Å²) in [4.78, 5) is 2.47. The van der Waals surface area contributed by atoms with Crippen LogP contribution in [0.2, 0.25) is 0 Å². The summed E-state index contributed by atoms with van der Waals surface area (Å²) in [6, 6.07) is 9.56. The van der Waals surface area contributed by atoms with E-state index in [1.165, 1.54) is 49.7 Å². The first-order chi connectivity index (χ1) is 9.18. The van der Waals surface area contributed by atoms with E-state index in [0.717, 1.165) is 6.54 Å². The molecule has 1 aromatic carbocycles. The summed E-state index contributed by atoms with van der Waals surface area (Å²) in [6.45, 7) is 3.21. The van der Waals surface area contributed by atoms with Gasteiger partial charge in [0.05, 0.1) is 0 Å². The Labute approximate surface area is 118 Å². The van der Waals surface area contributed by atoms with Gasteiger partial charge in [-0.05, 0) is 37.9 Å². The minimum Gasteiger partial charge on any atom is -0.326 e. The predicted octanol–water partition coefficient (Wildman–Crippen LogP) is 3.48. The molecule has 1 saturated carbocycles. The highest BCUT2D eigenvalue weighted by Crippen LogP contribution is 2.22. The Kier molecular flexibility index (Phi) is 5.41. The lowest BCUT2D eigenvalue weighted by Crippen LogP contribution is -2.46. The third-order valence-electron chi connectivity index (χ3n) is 4.53. The SMILES string of the molecule is Cc1ccccc1CN(C)C1CCCCCCC1N. The molecule has 1 aliphatic rings. The summed E-state index contributed by atoms with van der Waals surface area (Å²) in [5, 5.41) is 0. The van der Waals surface area contributed by atoms with E-state index in [1.54, 1.807) is 0 Å². The summed E-state index contributed by atoms with van der Waals surface area (Å²) in [6.07, 6.45) is 7.81. The minimum atomic E-state index is 0.342. The van der Waals surface area contributed by atoms with Crippen LogP contribution >= 0.6 is 0 Å². The Morgan fingerprint density at radius 1 is 1.11 bits per heavy atom. The second-order valence-electron chi connectivity index (χ2n) is 6.06. The lowest BCUT2D eigenvalue weighted by Gasteiger charge is -2.34. The van der Waals surface area contributed by atoms with Gasteiger partial charge in [-0.25, -0.2) is 0 Å². The summed E-state index contributed by atoms with van der Waals surface area (Å²) >= 11 is 0. The first-order valence-corrected chi connectivity index (χ1v) is 7.69. The first-order valence-electron chi connectivity index (χ1n) is 7.69. The van der Waals surface area contributed by atoms with Gasteiger partial charge >= 0.3 is 0 Å². The highest BCUT2D eigenvalue weighted by atomic mass is 15.1. The molecule has 2 rings (SSSR count). The van der Waals surface area contributed by atoms with Crippen molar-refractivity contribution < 1.29 is 0 Å². The van der Waals surface area contributed by atoms with Crippen molar-refractivity contribution >= 4 is 0 Å². The highest BCUT2D eigenvalue weighted by molar-refractivity contribution is 5.25. The van der Waals surface area contributed by atoms with E-state index in [0.29, 0.717) is 12.1 Å². The average molecular weight is 260 g/mol. The van der Waals surface area contributed by atoms with Gasteiger partial charge in [-0.3, -0.25) is 4.90 Å². The second kappa shape index (κ2) is 7.06. The number of likely N-dealkylation sites (N-methyl/N-ethyl adjacent to an activating group) is 1. The van der Waals surface area contributed by atoms with E-state index < -0.39 is 0 Å². The van der Waals surface area contributed by atoms with Crippen LogP contribution in [-0.4, -0.2) is 24.0 Å². The van der Waals surface area contributed by atoms with E-state index in [2.05, 4.69) is 43.1 Å². The highest BCUT2D eigenvalue weighted by Gasteiger charge is 2.23. The maximum atomic E-state index is 6.40. The molecule has 0 bridgehead atoms. The number of nitrogens with zero attached hydrogens (tertiary/aromatic N) is 1. The van der Waals surface area contributed by atoms with Gasteiger partial charge in [0.1, 0.15) is 0 Å². The molecule has 2 nitrogen and oxygen atoms in total. The Balaban J connectivity index is 2.00. The maximum absolute atomic E-state index is 6.40. The van der Waals surface area contributed by atoms with Gasteiger partial charge in [-0.1, -0.05) is 49.9 Å². The average Bonchev–Trinajstić information content (AvgIpc) is 2.37. The fraction of sp³-hybridized carbons (Fsp3) is 0.647. The lowest BCUT2D eigenvalue weighted by atomic mass is 9.91. The molecular weight excluding hydrogens is 232 g/mol. The number of rotatable bonds is 3. The van der Waals surface area contributed by atoms with Gasteiger partial charge in [0.25, 0.3) is 0 Å². The molecule has 0 amide bonds. The number of hydrogen-bond acceptors (Lipinski definition) is 2. The Morgan fingerprint density at radius 2 is 1.79 bits per heavy atom. The minimum absolute atomic E-state index is 0.342. The van der Waals surface area contributed by atoms with Gasteiger partial charge in [-0.2, -0.15) is 0 Å². The molecule has 19 heavy (non-hydrogen) atoms. The zero-order chi connectivity index (χ0) is 13.7. The molecule has 0 spiro atoms. The predicted molar refractivity (Wildman–Crippen MR) is 82.1 cm³/mol. The van der Waals surface area contributed by atoms with Crippen LogP contribution in [0.15, 0.2) is 24.3 Å². The van der Waals surface area contributed by atoms with Crippen LogP contribution in [0.5, 0.6) is 0 Å². The molecule has 1 aliphatic carbocycles. The van der Waals surface area contributed by atoms with Crippen molar-refractivity contribution in [1.29, 1.82) is 0 Å². The maximum Gasteiger partial charge on any atom is 0.0247 e. The molecule has 2 heteroatoms. The quantitative estimate of drug-likeness (QED) is 0.901. The van der Waals surface area contributed by atoms with Crippen molar-refractivity contribution in [3.05, 3.63) is 35.4 Å². The Bertz CT molecular complexity index is 389. The van der Waals surface area contributed by atoms with Crippen molar-refractivity contribution in [3.63, 3.8) is 0 Å². The van der Waals surface area contributed by atoms with Gasteiger partial charge in [-0.15, -0.1) is 0 Å². The zero-order valence-electron chi connectivity index (χ0n) is 12.4. The van der Waals surface area contributed by atoms with Crippen molar-refractivity contribution in [3.8, 4) is 0 Å². The van der Waals surface area contributed by atoms with E-state index in [4.69, 9.17) is 5.73 Å². The van der Waals surface area contributed by atoms with Gasteiger partial charge in [0.2, 0.25) is 0 Å². The molecule has 2 atom stereocenters. The van der Waals surface area contributed by atoms with Crippen LogP contribution in [0.4, 0.5) is 0 Å². The summed E-state index contributed by atoms with van der Waals surface area (Å²) in [7, 11) is 2.23. The van der Waals surface area contributed by atoms with E-state index >= 15 is 0 Å². The summed E-state index contributed by atoms with van der Waals surface area (Å²) < 4.78 is 0. The summed E-state index contributed by atoms with van der Waals surface area (Å²) in [5.41, 5.74) is 9.21. The van der Waals surface area contributed by atoms with Gasteiger partial charge in [0.15, 0.2) is 0 Å². The second-order valence-corrected chi connectivity index (χ2v) is 6.06. The molecule has 106 valence electrons. The van der Waals surface area contributed by atoms with Crippen LogP contribution in [0.1, 0.15) is 49.7 Å². The largest absolute Gasteiger partial charge is 0.326 e. The lowest BCUT2D eigenvalue weighted by molar-refractivity contribution is 0.174. The molecule has 1 aromatic rings. The molecule has 2 N–H and O–H groups in total. The third-order valence-corrected chi connectivity index (χ3v) is 4.53. The van der Waals surface area contributed by atoms with Crippen LogP contribution in [0, 0.1) is 6.92 Å². The number of benzene rings is 1. The molecule has 0 radical (unpaired) electrons. The van der Waals surface area contributed by atoms with Gasteiger partial charge in [0, 0.05) is 18.6 Å². The van der Waals surface area contributed by atoms with Gasteiger partial charge < -0.3 is 5.73 Å². The Hall–Kier alpha value is -0.860. The van der Waals surface area contributed by atoms with E-state index in [-0.39, 0.29) is 0 Å². The monoisotopic (exact) mass is 260 g/mol. The molecule has 1 fully saturated rings. The van der Waals surface area contributed by atoms with Crippen molar-refractivity contribution in [2.24, 2.45) is 5.73 Å². The fourth-order valence-electron chi connectivity index (χ4n) is 3.21. The van der Waals surface area contributed by atoms with Crippen molar-refractivity contribution in [2.75, 3.05) is 7.05 Å². The summed E-state index contributed by atoms with van der Waals surface area (Å²) in [5.74, 6) is 0. The Morgan fingerprint density at radius 3 is 2.53 bits per heavy atom. The molecule has 0 saturated heterocycles. The van der Waals surface area contributed by atoms with Crippen LogP contribution in [-0.2, 0) is 6.54 Å². The third kappa shape index (κ3) is 4.05. The normalized spacial score (nSPS) is 25.1.